The minimum Gasteiger partial charge on any atom is -0.382 e. The largest absolute Gasteiger partial charge is 0.382 e. The number of hydrogen-bond donors (Lipinski definition) is 7. The zero-order valence-corrected chi connectivity index (χ0v) is 32.4. The smallest absolute Gasteiger partial charge is 0.0608 e. The van der Waals surface area contributed by atoms with Crippen molar-refractivity contribution < 1.29 is 0 Å². The lowest BCUT2D eigenvalue weighted by molar-refractivity contribution is 0.560. The summed E-state index contributed by atoms with van der Waals surface area (Å²) in [4.78, 5) is 0. The monoisotopic (exact) mass is 735 g/mol. The van der Waals surface area contributed by atoms with Crippen LogP contribution in [0.15, 0.2) is 97.1 Å². The van der Waals surface area contributed by atoms with Gasteiger partial charge in [-0.3, -0.25) is 0 Å². The molecule has 0 unspecified atom stereocenters. The highest BCUT2D eigenvalue weighted by Crippen LogP contribution is 2.54. The van der Waals surface area contributed by atoms with E-state index in [2.05, 4.69) is 148 Å². The lowest BCUT2D eigenvalue weighted by Crippen LogP contribution is -2.37. The van der Waals surface area contributed by atoms with Gasteiger partial charge in [-0.1, -0.05) is 108 Å². The molecular weight excluding hydrogens is 683 g/mol. The molecule has 0 amide bonds. The van der Waals surface area contributed by atoms with Gasteiger partial charge in [-0.05, 0) is 46.5 Å². The predicted molar refractivity (Wildman–Crippen MR) is 236 cm³/mol. The first-order chi connectivity index (χ1) is 26.7. The van der Waals surface area contributed by atoms with E-state index in [9.17, 15) is 0 Å². The second kappa shape index (κ2) is 17.3. The number of hydrogen-bond acceptors (Lipinski definition) is 8. The predicted octanol–water partition coefficient (Wildman–Crippen LogP) is 8.10. The lowest BCUT2D eigenvalue weighted by Gasteiger charge is -2.19. The van der Waals surface area contributed by atoms with Gasteiger partial charge in [0.25, 0.3) is 0 Å². The Morgan fingerprint density at radius 3 is 1.04 bits per heavy atom. The summed E-state index contributed by atoms with van der Waals surface area (Å²) >= 11 is 1.94. The van der Waals surface area contributed by atoms with Gasteiger partial charge < -0.3 is 37.2 Å². The molecule has 8 heteroatoms. The van der Waals surface area contributed by atoms with E-state index >= 15 is 0 Å². The van der Waals surface area contributed by atoms with Crippen molar-refractivity contribution in [3.8, 4) is 22.3 Å². The van der Waals surface area contributed by atoms with Crippen molar-refractivity contribution >= 4 is 64.4 Å². The normalized spacial score (nSPS) is 16.1. The van der Waals surface area contributed by atoms with Crippen LogP contribution in [0.3, 0.4) is 0 Å². The minimum absolute atomic E-state index is 0.821. The Bertz CT molecular complexity index is 2180. The Morgan fingerprint density at radius 1 is 0.370 bits per heavy atom. The molecule has 0 saturated carbocycles. The van der Waals surface area contributed by atoms with E-state index < -0.39 is 0 Å². The fourth-order valence-electron chi connectivity index (χ4n) is 7.89. The Morgan fingerprint density at radius 2 is 0.685 bits per heavy atom. The number of anilines is 2. The first kappa shape index (κ1) is 36.4. The van der Waals surface area contributed by atoms with Crippen LogP contribution in [-0.4, -0.2) is 78.5 Å². The van der Waals surface area contributed by atoms with E-state index in [1.807, 2.05) is 11.3 Å². The third-order valence-electron chi connectivity index (χ3n) is 10.6. The van der Waals surface area contributed by atoms with Gasteiger partial charge in [0.15, 0.2) is 0 Å². The molecule has 2 heterocycles. The summed E-state index contributed by atoms with van der Waals surface area (Å²) in [5, 5.41) is 33.9. The summed E-state index contributed by atoms with van der Waals surface area (Å²) in [5.41, 5.74) is 9.99. The number of aryl methyl sites for hydroxylation is 2. The second-order valence-corrected chi connectivity index (χ2v) is 15.5. The van der Waals surface area contributed by atoms with Crippen LogP contribution in [0.4, 0.5) is 11.4 Å². The van der Waals surface area contributed by atoms with E-state index in [4.69, 9.17) is 0 Å². The standard InChI is InChI=1S/C46H53N7S/c1-31-11-15-33(16-12-31)39-35-7-3-5-9-37(35)41-42-38-10-6-4-8-36(38)40(34-17-13-32(2)14-18-34)44-46(42)54-45(41)43(39)52-29-27-50-25-23-48-21-19-47-20-22-49-24-26-51-28-30-53-44/h3-18,47-53H,19-30H2,1-2H3. The van der Waals surface area contributed by atoms with Gasteiger partial charge in [-0.25, -0.2) is 0 Å². The summed E-state index contributed by atoms with van der Waals surface area (Å²) in [6.45, 7) is 15.4. The van der Waals surface area contributed by atoms with Crippen LogP contribution in [0.1, 0.15) is 11.1 Å². The minimum atomic E-state index is 0.821. The van der Waals surface area contributed by atoms with Gasteiger partial charge >= 0.3 is 0 Å². The molecule has 1 aliphatic rings. The molecular formula is C46H53N7S. The summed E-state index contributed by atoms with van der Waals surface area (Å²) in [6, 6.07) is 36.2. The summed E-state index contributed by atoms with van der Waals surface area (Å²) < 4.78 is 2.61. The highest BCUT2D eigenvalue weighted by molar-refractivity contribution is 7.27. The van der Waals surface area contributed by atoms with Crippen molar-refractivity contribution in [2.75, 3.05) is 89.2 Å². The van der Waals surface area contributed by atoms with E-state index in [0.717, 1.165) is 78.5 Å². The first-order valence-electron chi connectivity index (χ1n) is 19.7. The molecule has 0 atom stereocenters. The fraction of sp³-hybridized carbons (Fsp3) is 0.304. The van der Waals surface area contributed by atoms with Gasteiger partial charge in [0.2, 0.25) is 0 Å². The van der Waals surface area contributed by atoms with Crippen LogP contribution < -0.4 is 37.2 Å². The number of rotatable bonds is 2. The Balaban J connectivity index is 1.36. The van der Waals surface area contributed by atoms with Crippen LogP contribution >= 0.6 is 11.3 Å². The molecule has 0 spiro atoms. The molecule has 1 aliphatic heterocycles. The van der Waals surface area contributed by atoms with Crippen molar-refractivity contribution in [2.45, 2.75) is 13.8 Å². The third-order valence-corrected chi connectivity index (χ3v) is 11.8. The van der Waals surface area contributed by atoms with E-state index in [0.29, 0.717) is 0 Å². The molecule has 7 nitrogen and oxygen atoms in total. The maximum absolute atomic E-state index is 4.02. The molecule has 6 aromatic carbocycles. The van der Waals surface area contributed by atoms with E-state index in [-0.39, 0.29) is 0 Å². The fourth-order valence-corrected chi connectivity index (χ4v) is 9.28. The topological polar surface area (TPSA) is 84.2 Å². The Hall–Kier alpha value is -4.54. The molecule has 0 radical (unpaired) electrons. The molecule has 1 aromatic heterocycles. The number of nitrogens with one attached hydrogen (secondary N) is 7. The molecule has 0 fully saturated rings. The van der Waals surface area contributed by atoms with Crippen LogP contribution in [0, 0.1) is 13.8 Å². The zero-order valence-electron chi connectivity index (χ0n) is 31.6. The number of fused-ring (bicyclic) bond motifs is 5. The average Bonchev–Trinajstić information content (AvgIpc) is 3.60. The SMILES string of the molecule is Cc1ccc(-c2c3c4sc5c(c(-c6ccc(C)cc6)c6ccccc6c5c4c4ccccc24)NCCNCCNCCNCCNCCNCCN3)cc1. The van der Waals surface area contributed by atoms with Gasteiger partial charge in [0, 0.05) is 100 Å². The van der Waals surface area contributed by atoms with E-state index in [1.165, 1.54) is 86.5 Å². The molecule has 2 bridgehead atoms. The van der Waals surface area contributed by atoms with Gasteiger partial charge in [-0.15, -0.1) is 11.3 Å². The van der Waals surface area contributed by atoms with Crippen LogP contribution in [-0.2, 0) is 0 Å². The number of thiophene rings is 1. The second-order valence-electron chi connectivity index (χ2n) is 14.4. The maximum Gasteiger partial charge on any atom is 0.0608 e. The molecule has 8 rings (SSSR count). The van der Waals surface area contributed by atoms with Crippen molar-refractivity contribution in [2.24, 2.45) is 0 Å². The van der Waals surface area contributed by atoms with Gasteiger partial charge in [0.1, 0.15) is 0 Å². The van der Waals surface area contributed by atoms with Crippen molar-refractivity contribution in [3.63, 3.8) is 0 Å². The van der Waals surface area contributed by atoms with Crippen molar-refractivity contribution in [1.82, 2.24) is 26.6 Å². The Kier molecular flexibility index (Phi) is 11.7. The first-order valence-corrected chi connectivity index (χ1v) is 20.5. The van der Waals surface area contributed by atoms with Crippen LogP contribution in [0.2, 0.25) is 0 Å². The quantitative estimate of drug-likeness (QED) is 0.0968. The number of benzene rings is 6. The highest BCUT2D eigenvalue weighted by atomic mass is 32.1. The summed E-state index contributed by atoms with van der Waals surface area (Å²) in [7, 11) is 0. The maximum atomic E-state index is 4.02. The highest BCUT2D eigenvalue weighted by Gasteiger charge is 2.25. The average molecular weight is 736 g/mol. The van der Waals surface area contributed by atoms with E-state index in [1.54, 1.807) is 0 Å². The van der Waals surface area contributed by atoms with Crippen LogP contribution in [0.25, 0.3) is 64.0 Å². The molecule has 54 heavy (non-hydrogen) atoms. The van der Waals surface area contributed by atoms with Gasteiger partial charge in [0.05, 0.1) is 20.8 Å². The summed E-state index contributed by atoms with van der Waals surface area (Å²) in [6.07, 6.45) is 0. The summed E-state index contributed by atoms with van der Waals surface area (Å²) in [5.74, 6) is 0. The van der Waals surface area contributed by atoms with Crippen LogP contribution in [0.5, 0.6) is 0 Å². The molecule has 278 valence electrons. The lowest BCUT2D eigenvalue weighted by atomic mass is 9.89. The Labute approximate surface area is 323 Å². The van der Waals surface area contributed by atoms with Gasteiger partial charge in [-0.2, -0.15) is 0 Å². The molecule has 7 N–H and O–H groups in total. The van der Waals surface area contributed by atoms with Crippen molar-refractivity contribution in [1.29, 1.82) is 0 Å². The molecule has 0 saturated heterocycles. The molecule has 0 aliphatic carbocycles. The molecule has 7 aromatic rings. The van der Waals surface area contributed by atoms with Crippen molar-refractivity contribution in [3.05, 3.63) is 108 Å². The third kappa shape index (κ3) is 7.68. The zero-order chi connectivity index (χ0) is 36.7.